The number of fused-ring (bicyclic) bond motifs is 1. The van der Waals surface area contributed by atoms with Crippen LogP contribution in [0.1, 0.15) is 49.7 Å². The molecule has 20 heavy (non-hydrogen) atoms. The fourth-order valence-electron chi connectivity index (χ4n) is 3.76. The van der Waals surface area contributed by atoms with Gasteiger partial charge in [-0.3, -0.25) is 0 Å². The first kappa shape index (κ1) is 13.7. The molecule has 3 rings (SSSR count). The lowest BCUT2D eigenvalue weighted by atomic mass is 9.68. The fourth-order valence-corrected chi connectivity index (χ4v) is 3.76. The van der Waals surface area contributed by atoms with E-state index < -0.39 is 0 Å². The molecule has 1 aliphatic heterocycles. The molecule has 1 saturated carbocycles. The van der Waals surface area contributed by atoms with Gasteiger partial charge in [0.1, 0.15) is 0 Å². The second-order valence-electron chi connectivity index (χ2n) is 6.16. The van der Waals surface area contributed by atoms with Gasteiger partial charge in [0.2, 0.25) is 0 Å². The predicted octanol–water partition coefficient (Wildman–Crippen LogP) is 3.32. The van der Waals surface area contributed by atoms with E-state index in [-0.39, 0.29) is 5.41 Å². The van der Waals surface area contributed by atoms with Crippen molar-refractivity contribution in [2.45, 2.75) is 50.9 Å². The molecule has 0 aromatic heterocycles. The molecule has 0 radical (unpaired) electrons. The summed E-state index contributed by atoms with van der Waals surface area (Å²) in [7, 11) is 0. The van der Waals surface area contributed by atoms with E-state index in [4.69, 9.17) is 15.2 Å². The number of rotatable bonds is 2. The Morgan fingerprint density at radius 3 is 2.55 bits per heavy atom. The maximum Gasteiger partial charge on any atom is 0.164 e. The average Bonchev–Trinajstić information content (AvgIpc) is 2.74. The van der Waals surface area contributed by atoms with E-state index in [1.165, 1.54) is 43.2 Å². The predicted molar refractivity (Wildman–Crippen MR) is 80.6 cm³/mol. The molecule has 0 spiro atoms. The molecule has 0 unspecified atom stereocenters. The highest BCUT2D eigenvalue weighted by molar-refractivity contribution is 5.53. The molecule has 1 heterocycles. The molecule has 2 aliphatic rings. The van der Waals surface area contributed by atoms with E-state index >= 15 is 0 Å². The first-order chi connectivity index (χ1) is 9.77. The molecule has 1 aliphatic carbocycles. The Balaban J connectivity index is 2.03. The summed E-state index contributed by atoms with van der Waals surface area (Å²) in [6, 6.07) is 4.30. The summed E-state index contributed by atoms with van der Waals surface area (Å²) in [6.07, 6.45) is 7.25. The Labute approximate surface area is 121 Å². The lowest BCUT2D eigenvalue weighted by Crippen LogP contribution is -2.37. The molecule has 3 heteroatoms. The van der Waals surface area contributed by atoms with Gasteiger partial charge in [0.25, 0.3) is 0 Å². The van der Waals surface area contributed by atoms with Crippen molar-refractivity contribution < 1.29 is 9.47 Å². The Hall–Kier alpha value is -1.22. The highest BCUT2D eigenvalue weighted by atomic mass is 16.5. The Bertz CT molecular complexity index is 478. The summed E-state index contributed by atoms with van der Waals surface area (Å²) in [5.41, 5.74) is 8.93. The van der Waals surface area contributed by atoms with Gasteiger partial charge in [0.15, 0.2) is 11.5 Å². The van der Waals surface area contributed by atoms with Gasteiger partial charge in [-0.2, -0.15) is 0 Å². The van der Waals surface area contributed by atoms with Crippen LogP contribution in [-0.2, 0) is 5.41 Å². The molecular formula is C17H25NO2. The van der Waals surface area contributed by atoms with E-state index in [0.29, 0.717) is 0 Å². The van der Waals surface area contributed by atoms with Crippen LogP contribution in [0, 0.1) is 6.92 Å². The first-order valence-electron chi connectivity index (χ1n) is 7.87. The molecule has 0 bridgehead atoms. The largest absolute Gasteiger partial charge is 0.490 e. The zero-order chi connectivity index (χ0) is 14.0. The number of hydrogen-bond acceptors (Lipinski definition) is 3. The van der Waals surface area contributed by atoms with Crippen molar-refractivity contribution in [2.24, 2.45) is 5.73 Å². The van der Waals surface area contributed by atoms with Crippen molar-refractivity contribution in [3.8, 4) is 11.5 Å². The van der Waals surface area contributed by atoms with Crippen molar-refractivity contribution in [2.75, 3.05) is 19.8 Å². The van der Waals surface area contributed by atoms with Gasteiger partial charge in [-0.05, 0) is 37.0 Å². The molecular weight excluding hydrogens is 250 g/mol. The Kier molecular flexibility index (Phi) is 3.88. The van der Waals surface area contributed by atoms with Crippen LogP contribution in [-0.4, -0.2) is 19.8 Å². The van der Waals surface area contributed by atoms with E-state index in [9.17, 15) is 0 Å². The number of nitrogens with two attached hydrogens (primary N) is 1. The van der Waals surface area contributed by atoms with Gasteiger partial charge in [-0.25, -0.2) is 0 Å². The fraction of sp³-hybridized carbons (Fsp3) is 0.647. The zero-order valence-electron chi connectivity index (χ0n) is 12.4. The molecule has 3 nitrogen and oxygen atoms in total. The summed E-state index contributed by atoms with van der Waals surface area (Å²) >= 11 is 0. The molecule has 2 N–H and O–H groups in total. The minimum absolute atomic E-state index is 0.146. The molecule has 110 valence electrons. The van der Waals surface area contributed by atoms with Gasteiger partial charge in [-0.1, -0.05) is 25.3 Å². The van der Waals surface area contributed by atoms with Crippen molar-refractivity contribution in [3.63, 3.8) is 0 Å². The van der Waals surface area contributed by atoms with Crippen LogP contribution in [0.2, 0.25) is 0 Å². The maximum absolute atomic E-state index is 6.17. The molecule has 0 saturated heterocycles. The van der Waals surface area contributed by atoms with Crippen molar-refractivity contribution in [3.05, 3.63) is 23.3 Å². The van der Waals surface area contributed by atoms with Crippen molar-refractivity contribution in [1.29, 1.82) is 0 Å². The third kappa shape index (κ3) is 2.28. The normalized spacial score (nSPS) is 21.3. The van der Waals surface area contributed by atoms with E-state index in [2.05, 4.69) is 19.1 Å². The van der Waals surface area contributed by atoms with Gasteiger partial charge < -0.3 is 15.2 Å². The molecule has 0 atom stereocenters. The number of benzene rings is 1. The second kappa shape index (κ2) is 5.65. The Morgan fingerprint density at radius 1 is 1.05 bits per heavy atom. The number of ether oxygens (including phenoxy) is 2. The molecule has 1 aromatic carbocycles. The maximum atomic E-state index is 6.17. The quantitative estimate of drug-likeness (QED) is 0.900. The van der Waals surface area contributed by atoms with Crippen LogP contribution in [0.25, 0.3) is 0 Å². The lowest BCUT2D eigenvalue weighted by Gasteiger charge is -2.38. The minimum Gasteiger partial charge on any atom is -0.490 e. The van der Waals surface area contributed by atoms with Gasteiger partial charge in [0.05, 0.1) is 13.2 Å². The van der Waals surface area contributed by atoms with Gasteiger partial charge in [0, 0.05) is 18.4 Å². The van der Waals surface area contributed by atoms with Gasteiger partial charge >= 0.3 is 0 Å². The smallest absolute Gasteiger partial charge is 0.164 e. The van der Waals surface area contributed by atoms with Crippen molar-refractivity contribution >= 4 is 0 Å². The topological polar surface area (TPSA) is 44.5 Å². The van der Waals surface area contributed by atoms with Crippen LogP contribution in [0.4, 0.5) is 0 Å². The van der Waals surface area contributed by atoms with Gasteiger partial charge in [-0.15, -0.1) is 0 Å². The number of hydrogen-bond donors (Lipinski definition) is 1. The summed E-state index contributed by atoms with van der Waals surface area (Å²) in [4.78, 5) is 0. The van der Waals surface area contributed by atoms with E-state index in [1.54, 1.807) is 0 Å². The third-order valence-corrected chi connectivity index (χ3v) is 4.94. The summed E-state index contributed by atoms with van der Waals surface area (Å²) in [6.45, 7) is 4.38. The summed E-state index contributed by atoms with van der Waals surface area (Å²) in [5, 5.41) is 0. The van der Waals surface area contributed by atoms with Crippen LogP contribution < -0.4 is 15.2 Å². The first-order valence-corrected chi connectivity index (χ1v) is 7.87. The Morgan fingerprint density at radius 2 is 1.80 bits per heavy atom. The summed E-state index contributed by atoms with van der Waals surface area (Å²) < 4.78 is 11.7. The van der Waals surface area contributed by atoms with Crippen LogP contribution >= 0.6 is 0 Å². The minimum atomic E-state index is 0.146. The summed E-state index contributed by atoms with van der Waals surface area (Å²) in [5.74, 6) is 1.84. The van der Waals surface area contributed by atoms with E-state index in [1.807, 2.05) is 0 Å². The SMILES string of the molecule is Cc1c(C2(CN)CCCCC2)ccc2c1OCCCO2. The van der Waals surface area contributed by atoms with Crippen LogP contribution in [0.5, 0.6) is 11.5 Å². The lowest BCUT2D eigenvalue weighted by molar-refractivity contribution is 0.291. The highest BCUT2D eigenvalue weighted by Crippen LogP contribution is 2.45. The molecule has 1 fully saturated rings. The zero-order valence-corrected chi connectivity index (χ0v) is 12.4. The van der Waals surface area contributed by atoms with E-state index in [0.717, 1.165) is 37.7 Å². The molecule has 1 aromatic rings. The average molecular weight is 275 g/mol. The standard InChI is InChI=1S/C17H25NO2/c1-13-14(17(12-18)8-3-2-4-9-17)6-7-15-16(13)20-11-5-10-19-15/h6-7H,2-5,8-12,18H2,1H3. The third-order valence-electron chi connectivity index (χ3n) is 4.94. The molecule has 0 amide bonds. The monoisotopic (exact) mass is 275 g/mol. The second-order valence-corrected chi connectivity index (χ2v) is 6.16. The highest BCUT2D eigenvalue weighted by Gasteiger charge is 2.35. The van der Waals surface area contributed by atoms with Crippen LogP contribution in [0.15, 0.2) is 12.1 Å². The van der Waals surface area contributed by atoms with Crippen molar-refractivity contribution in [1.82, 2.24) is 0 Å². The van der Waals surface area contributed by atoms with Crippen LogP contribution in [0.3, 0.4) is 0 Å².